The number of piperidine rings is 1. The van der Waals surface area contributed by atoms with E-state index in [9.17, 15) is 0 Å². The average Bonchev–Trinajstić information content (AvgIpc) is 2.21. The van der Waals surface area contributed by atoms with E-state index in [0.717, 1.165) is 31.8 Å². The molecule has 3 N–H and O–H groups in total. The van der Waals surface area contributed by atoms with E-state index in [1.807, 2.05) is 0 Å². The molecule has 14 heavy (non-hydrogen) atoms. The molecule has 0 saturated carbocycles. The van der Waals surface area contributed by atoms with E-state index in [1.54, 1.807) is 0 Å². The van der Waals surface area contributed by atoms with Gasteiger partial charge in [0.15, 0.2) is 0 Å². The van der Waals surface area contributed by atoms with Crippen LogP contribution in [0.15, 0.2) is 0 Å². The third-order valence-electron chi connectivity index (χ3n) is 3.16. The van der Waals surface area contributed by atoms with Gasteiger partial charge in [-0.1, -0.05) is 0 Å². The molecule has 0 amide bonds. The van der Waals surface area contributed by atoms with Gasteiger partial charge in [0, 0.05) is 6.61 Å². The number of hydrogen-bond acceptors (Lipinski definition) is 3. The van der Waals surface area contributed by atoms with E-state index in [0.29, 0.717) is 6.61 Å². The Morgan fingerprint density at radius 3 is 2.50 bits per heavy atom. The number of likely N-dealkylation sites (tertiary alicyclic amines) is 1. The van der Waals surface area contributed by atoms with Crippen molar-refractivity contribution in [2.24, 2.45) is 11.7 Å². The predicted octanol–water partition coefficient (Wildman–Crippen LogP) is 0.820. The van der Waals surface area contributed by atoms with Crippen LogP contribution in [0.2, 0.25) is 0 Å². The predicted molar refractivity (Wildman–Crippen MR) is 59.2 cm³/mol. The van der Waals surface area contributed by atoms with E-state index in [-0.39, 0.29) is 0 Å². The molecule has 1 aliphatic rings. The van der Waals surface area contributed by atoms with E-state index < -0.39 is 0 Å². The van der Waals surface area contributed by atoms with E-state index in [1.165, 1.54) is 32.4 Å². The highest BCUT2D eigenvalue weighted by Crippen LogP contribution is 2.19. The second-order valence-corrected chi connectivity index (χ2v) is 4.29. The maximum Gasteiger partial charge on any atom is 0.0431 e. The summed E-state index contributed by atoms with van der Waals surface area (Å²) in [6.07, 6.45) is 5.91. The fraction of sp³-hybridized carbons (Fsp3) is 1.00. The van der Waals surface area contributed by atoms with Crippen molar-refractivity contribution >= 4 is 0 Å². The summed E-state index contributed by atoms with van der Waals surface area (Å²) < 4.78 is 0. The van der Waals surface area contributed by atoms with Gasteiger partial charge in [0.2, 0.25) is 0 Å². The van der Waals surface area contributed by atoms with E-state index in [4.69, 9.17) is 10.8 Å². The lowest BCUT2D eigenvalue weighted by atomic mass is 9.93. The molecule has 1 aliphatic heterocycles. The molecule has 0 atom stereocenters. The minimum atomic E-state index is 0.337. The highest BCUT2D eigenvalue weighted by molar-refractivity contribution is 4.72. The normalized spacial score (nSPS) is 20.1. The molecule has 0 unspecified atom stereocenters. The molecule has 0 aliphatic carbocycles. The van der Waals surface area contributed by atoms with Crippen molar-refractivity contribution in [1.29, 1.82) is 0 Å². The summed E-state index contributed by atoms with van der Waals surface area (Å²) in [7, 11) is 0. The van der Waals surface area contributed by atoms with Crippen LogP contribution in [-0.4, -0.2) is 42.8 Å². The standard InChI is InChI=1S/C11H24N2O/c12-6-3-11-4-8-13(9-5-11)7-1-2-10-14/h11,14H,1-10,12H2. The Labute approximate surface area is 87.3 Å². The van der Waals surface area contributed by atoms with Crippen molar-refractivity contribution in [3.8, 4) is 0 Å². The van der Waals surface area contributed by atoms with Gasteiger partial charge in [-0.05, 0) is 64.2 Å². The largest absolute Gasteiger partial charge is 0.396 e. The third kappa shape index (κ3) is 4.40. The van der Waals surface area contributed by atoms with Crippen molar-refractivity contribution < 1.29 is 5.11 Å². The van der Waals surface area contributed by atoms with E-state index >= 15 is 0 Å². The van der Waals surface area contributed by atoms with Gasteiger partial charge >= 0.3 is 0 Å². The van der Waals surface area contributed by atoms with Crippen molar-refractivity contribution in [2.45, 2.75) is 32.1 Å². The number of hydrogen-bond donors (Lipinski definition) is 2. The molecule has 1 fully saturated rings. The zero-order valence-electron chi connectivity index (χ0n) is 9.12. The molecular formula is C11H24N2O. The first-order valence-electron chi connectivity index (χ1n) is 5.90. The maximum atomic E-state index is 8.68. The van der Waals surface area contributed by atoms with Crippen molar-refractivity contribution in [3.63, 3.8) is 0 Å². The number of aliphatic hydroxyl groups excluding tert-OH is 1. The first-order chi connectivity index (χ1) is 6.86. The fourth-order valence-electron chi connectivity index (χ4n) is 2.18. The molecule has 0 radical (unpaired) electrons. The van der Waals surface area contributed by atoms with Gasteiger partial charge in [-0.3, -0.25) is 0 Å². The van der Waals surface area contributed by atoms with Crippen molar-refractivity contribution in [2.75, 3.05) is 32.8 Å². The number of unbranched alkanes of at least 4 members (excludes halogenated alkanes) is 1. The van der Waals surface area contributed by atoms with Gasteiger partial charge in [0.1, 0.15) is 0 Å². The van der Waals surface area contributed by atoms with Gasteiger partial charge in [0.25, 0.3) is 0 Å². The first-order valence-corrected chi connectivity index (χ1v) is 5.90. The smallest absolute Gasteiger partial charge is 0.0431 e. The minimum absolute atomic E-state index is 0.337. The SMILES string of the molecule is NCCC1CCN(CCCCO)CC1. The lowest BCUT2D eigenvalue weighted by molar-refractivity contribution is 0.172. The Morgan fingerprint density at radius 2 is 1.93 bits per heavy atom. The molecule has 1 saturated heterocycles. The quantitative estimate of drug-likeness (QED) is 0.624. The second kappa shape index (κ2) is 7.21. The summed E-state index contributed by atoms with van der Waals surface area (Å²) >= 11 is 0. The molecule has 1 rings (SSSR count). The summed E-state index contributed by atoms with van der Waals surface area (Å²) in [5, 5.41) is 8.68. The Bertz CT molecular complexity index is 133. The molecule has 0 aromatic heterocycles. The molecule has 0 spiro atoms. The topological polar surface area (TPSA) is 49.5 Å². The molecular weight excluding hydrogens is 176 g/mol. The third-order valence-corrected chi connectivity index (χ3v) is 3.16. The van der Waals surface area contributed by atoms with Crippen molar-refractivity contribution in [1.82, 2.24) is 4.90 Å². The van der Waals surface area contributed by atoms with Gasteiger partial charge < -0.3 is 15.7 Å². The second-order valence-electron chi connectivity index (χ2n) is 4.29. The fourth-order valence-corrected chi connectivity index (χ4v) is 2.18. The zero-order valence-corrected chi connectivity index (χ0v) is 9.12. The average molecular weight is 200 g/mol. The van der Waals surface area contributed by atoms with Crippen LogP contribution in [-0.2, 0) is 0 Å². The highest BCUT2D eigenvalue weighted by Gasteiger charge is 2.17. The van der Waals surface area contributed by atoms with Gasteiger partial charge in [-0.15, -0.1) is 0 Å². The summed E-state index contributed by atoms with van der Waals surface area (Å²) in [4.78, 5) is 2.52. The summed E-state index contributed by atoms with van der Waals surface area (Å²) in [6, 6.07) is 0. The molecule has 0 aromatic rings. The Morgan fingerprint density at radius 1 is 1.21 bits per heavy atom. The lowest BCUT2D eigenvalue weighted by Crippen LogP contribution is -2.35. The van der Waals surface area contributed by atoms with Crippen LogP contribution in [0, 0.1) is 5.92 Å². The lowest BCUT2D eigenvalue weighted by Gasteiger charge is -2.31. The van der Waals surface area contributed by atoms with Gasteiger partial charge in [-0.2, -0.15) is 0 Å². The molecule has 3 nitrogen and oxygen atoms in total. The summed E-state index contributed by atoms with van der Waals surface area (Å²) in [5.74, 6) is 0.870. The molecule has 3 heteroatoms. The summed E-state index contributed by atoms with van der Waals surface area (Å²) in [5.41, 5.74) is 5.55. The summed E-state index contributed by atoms with van der Waals surface area (Å²) in [6.45, 7) is 4.81. The molecule has 0 bridgehead atoms. The van der Waals surface area contributed by atoms with Crippen LogP contribution in [0.5, 0.6) is 0 Å². The Kier molecular flexibility index (Phi) is 6.15. The van der Waals surface area contributed by atoms with E-state index in [2.05, 4.69) is 4.90 Å². The zero-order chi connectivity index (χ0) is 10.2. The van der Waals surface area contributed by atoms with Crippen LogP contribution in [0.3, 0.4) is 0 Å². The van der Waals surface area contributed by atoms with Gasteiger partial charge in [-0.25, -0.2) is 0 Å². The Hall–Kier alpha value is -0.120. The molecule has 1 heterocycles. The monoisotopic (exact) mass is 200 g/mol. The van der Waals surface area contributed by atoms with Crippen LogP contribution in [0.25, 0.3) is 0 Å². The first kappa shape index (κ1) is 12.0. The Balaban J connectivity index is 2.03. The van der Waals surface area contributed by atoms with Crippen LogP contribution in [0.4, 0.5) is 0 Å². The van der Waals surface area contributed by atoms with Crippen molar-refractivity contribution in [3.05, 3.63) is 0 Å². The van der Waals surface area contributed by atoms with Gasteiger partial charge in [0.05, 0.1) is 0 Å². The highest BCUT2D eigenvalue weighted by atomic mass is 16.2. The minimum Gasteiger partial charge on any atom is -0.396 e. The number of nitrogens with two attached hydrogens (primary N) is 1. The number of aliphatic hydroxyl groups is 1. The number of nitrogens with zero attached hydrogens (tertiary/aromatic N) is 1. The van der Waals surface area contributed by atoms with Crippen LogP contribution < -0.4 is 5.73 Å². The number of rotatable bonds is 6. The molecule has 0 aromatic carbocycles. The van der Waals surface area contributed by atoms with Crippen LogP contribution in [0.1, 0.15) is 32.1 Å². The van der Waals surface area contributed by atoms with Crippen LogP contribution >= 0.6 is 0 Å². The maximum absolute atomic E-state index is 8.68. The molecule has 84 valence electrons.